The summed E-state index contributed by atoms with van der Waals surface area (Å²) in [6.45, 7) is -0.203. The topological polar surface area (TPSA) is 138 Å². The van der Waals surface area contributed by atoms with Gasteiger partial charge in [-0.2, -0.15) is 4.31 Å². The van der Waals surface area contributed by atoms with Crippen LogP contribution >= 0.6 is 11.3 Å². The third kappa shape index (κ3) is 7.29. The molecule has 42 heavy (non-hydrogen) atoms. The van der Waals surface area contributed by atoms with E-state index in [9.17, 15) is 22.8 Å². The highest BCUT2D eigenvalue weighted by molar-refractivity contribution is 7.89. The number of sulfonamides is 1. The highest BCUT2D eigenvalue weighted by atomic mass is 32.2. The Morgan fingerprint density at radius 2 is 1.71 bits per heavy atom. The summed E-state index contributed by atoms with van der Waals surface area (Å²) in [4.78, 5) is 49.7. The average Bonchev–Trinajstić information content (AvgIpc) is 3.44. The summed E-state index contributed by atoms with van der Waals surface area (Å²) >= 11 is 1.31. The second-order valence-electron chi connectivity index (χ2n) is 10.8. The van der Waals surface area contributed by atoms with Gasteiger partial charge in [-0.05, 0) is 61.6 Å². The molecule has 2 N–H and O–H groups in total. The van der Waals surface area contributed by atoms with E-state index in [4.69, 9.17) is 0 Å². The van der Waals surface area contributed by atoms with Gasteiger partial charge in [0.1, 0.15) is 6.04 Å². The number of ketones is 1. The molecule has 2 fully saturated rings. The van der Waals surface area contributed by atoms with Crippen molar-refractivity contribution in [1.82, 2.24) is 24.9 Å². The van der Waals surface area contributed by atoms with E-state index >= 15 is 0 Å². The lowest BCUT2D eigenvalue weighted by Crippen LogP contribution is -2.53. The summed E-state index contributed by atoms with van der Waals surface area (Å²) in [6.07, 6.45) is 9.61. The van der Waals surface area contributed by atoms with E-state index in [-0.39, 0.29) is 29.8 Å². The zero-order chi connectivity index (χ0) is 29.5. The highest BCUT2D eigenvalue weighted by Crippen LogP contribution is 2.29. The Morgan fingerprint density at radius 1 is 0.952 bits per heavy atom. The maximum Gasteiger partial charge on any atom is 0.262 e. The van der Waals surface area contributed by atoms with Gasteiger partial charge in [0.05, 0.1) is 28.0 Å². The summed E-state index contributed by atoms with van der Waals surface area (Å²) in [5.74, 6) is -0.861. The fourth-order valence-corrected chi connectivity index (χ4v) is 7.84. The second-order valence-corrected chi connectivity index (χ2v) is 13.8. The van der Waals surface area contributed by atoms with E-state index in [1.807, 2.05) is 24.3 Å². The van der Waals surface area contributed by atoms with Gasteiger partial charge < -0.3 is 10.6 Å². The number of nitrogens with one attached hydrogen (secondary N) is 2. The summed E-state index contributed by atoms with van der Waals surface area (Å²) in [6, 6.07) is 12.1. The van der Waals surface area contributed by atoms with Crippen LogP contribution in [-0.2, 0) is 19.6 Å². The van der Waals surface area contributed by atoms with Crippen LogP contribution < -0.4 is 10.6 Å². The zero-order valence-electron chi connectivity index (χ0n) is 23.3. The van der Waals surface area contributed by atoms with Gasteiger partial charge in [-0.3, -0.25) is 19.4 Å². The van der Waals surface area contributed by atoms with Gasteiger partial charge in [0.25, 0.3) is 15.9 Å². The quantitative estimate of drug-likeness (QED) is 0.376. The van der Waals surface area contributed by atoms with Crippen molar-refractivity contribution in [3.63, 3.8) is 0 Å². The Labute approximate surface area is 250 Å². The summed E-state index contributed by atoms with van der Waals surface area (Å²) in [5.41, 5.74) is 0.768. The first-order valence-corrected chi connectivity index (χ1v) is 16.6. The first-order valence-electron chi connectivity index (χ1n) is 14.4. The number of amides is 2. The molecule has 5 rings (SSSR count). The Kier molecular flexibility index (Phi) is 9.76. The van der Waals surface area contributed by atoms with Crippen LogP contribution in [0.5, 0.6) is 0 Å². The molecule has 1 aliphatic carbocycles. The molecule has 12 heteroatoms. The zero-order valence-corrected chi connectivity index (χ0v) is 24.9. The standard InChI is InChI=1S/C30H35N5O5S2/c36-25-20-35(42(39,40)28-13-5-7-17-32-28)18-8-12-22(25)33-29(37)24(19-21-9-2-1-3-10-21)34-30(38)27-15-14-26(41-27)23-11-4-6-16-31-23/h4-7,11,13-17,21-22,24H,1-3,8-10,12,18-20H2,(H,33,37)(H,34,38)/t22?,24-/m0/s1. The van der Waals surface area contributed by atoms with Gasteiger partial charge in [-0.25, -0.2) is 13.4 Å². The van der Waals surface area contributed by atoms with E-state index in [1.54, 1.807) is 24.4 Å². The molecule has 0 radical (unpaired) electrons. The minimum Gasteiger partial charge on any atom is -0.344 e. The average molecular weight is 610 g/mol. The second kappa shape index (κ2) is 13.7. The molecule has 222 valence electrons. The lowest BCUT2D eigenvalue weighted by Gasteiger charge is -2.27. The third-order valence-corrected chi connectivity index (χ3v) is 10.7. The number of nitrogens with zero attached hydrogens (tertiary/aromatic N) is 3. The van der Waals surface area contributed by atoms with Crippen LogP contribution in [0.1, 0.15) is 61.0 Å². The predicted molar refractivity (Wildman–Crippen MR) is 159 cm³/mol. The van der Waals surface area contributed by atoms with Crippen molar-refractivity contribution in [3.05, 3.63) is 65.8 Å². The number of Topliss-reactive ketones (excluding diaryl/α,β-unsaturated/α-hetero) is 1. The van der Waals surface area contributed by atoms with Crippen LogP contribution in [0, 0.1) is 5.92 Å². The van der Waals surface area contributed by atoms with Crippen LogP contribution in [-0.4, -0.2) is 65.5 Å². The van der Waals surface area contributed by atoms with E-state index < -0.39 is 28.0 Å². The molecular weight excluding hydrogens is 574 g/mol. The molecule has 2 atom stereocenters. The molecule has 2 amide bonds. The number of thiophene rings is 1. The molecule has 1 unspecified atom stereocenters. The Balaban J connectivity index is 1.27. The molecule has 1 aliphatic heterocycles. The Hall–Kier alpha value is -3.48. The number of rotatable bonds is 9. The minimum atomic E-state index is -3.94. The fraction of sp³-hybridized carbons (Fsp3) is 0.433. The molecule has 1 saturated carbocycles. The van der Waals surface area contributed by atoms with Crippen molar-refractivity contribution >= 4 is 39.0 Å². The molecule has 3 aromatic rings. The van der Waals surface area contributed by atoms with Crippen molar-refractivity contribution in [3.8, 4) is 10.6 Å². The van der Waals surface area contributed by atoms with Crippen LogP contribution in [0.4, 0.5) is 0 Å². The first kappa shape index (κ1) is 30.0. The fourth-order valence-electron chi connectivity index (χ4n) is 5.58. The van der Waals surface area contributed by atoms with Crippen LogP contribution in [0.25, 0.3) is 10.6 Å². The van der Waals surface area contributed by atoms with Crippen molar-refractivity contribution in [2.75, 3.05) is 13.1 Å². The monoisotopic (exact) mass is 609 g/mol. The van der Waals surface area contributed by atoms with Gasteiger partial charge in [0.15, 0.2) is 10.8 Å². The SMILES string of the molecule is O=C(N[C@@H](CC1CCCCC1)C(=O)NC1CCCN(S(=O)(=O)c2ccccn2)CC1=O)c1ccc(-c2ccccn2)s1. The van der Waals surface area contributed by atoms with Gasteiger partial charge >= 0.3 is 0 Å². The molecule has 0 aromatic carbocycles. The van der Waals surface area contributed by atoms with Gasteiger partial charge in [-0.15, -0.1) is 11.3 Å². The van der Waals surface area contributed by atoms with Crippen molar-refractivity contribution in [2.45, 2.75) is 68.5 Å². The van der Waals surface area contributed by atoms with E-state index in [2.05, 4.69) is 20.6 Å². The van der Waals surface area contributed by atoms with Crippen LogP contribution in [0.2, 0.25) is 0 Å². The van der Waals surface area contributed by atoms with E-state index in [0.29, 0.717) is 30.1 Å². The lowest BCUT2D eigenvalue weighted by atomic mass is 9.84. The summed E-state index contributed by atoms with van der Waals surface area (Å²) in [5, 5.41) is 5.67. The first-order chi connectivity index (χ1) is 20.3. The maximum atomic E-state index is 13.6. The number of aromatic nitrogens is 2. The largest absolute Gasteiger partial charge is 0.344 e. The molecule has 1 saturated heterocycles. The molecule has 2 aliphatic rings. The van der Waals surface area contributed by atoms with Crippen molar-refractivity contribution < 1.29 is 22.8 Å². The third-order valence-electron chi connectivity index (χ3n) is 7.84. The number of hydrogen-bond acceptors (Lipinski definition) is 8. The molecule has 3 aromatic heterocycles. The summed E-state index contributed by atoms with van der Waals surface area (Å²) < 4.78 is 27.3. The van der Waals surface area contributed by atoms with Gasteiger partial charge in [-0.1, -0.05) is 44.2 Å². The molecule has 4 heterocycles. The van der Waals surface area contributed by atoms with Gasteiger partial charge in [0, 0.05) is 18.9 Å². The highest BCUT2D eigenvalue weighted by Gasteiger charge is 2.35. The minimum absolute atomic E-state index is 0.115. The predicted octanol–water partition coefficient (Wildman–Crippen LogP) is 3.81. The molecule has 10 nitrogen and oxygen atoms in total. The van der Waals surface area contributed by atoms with Crippen molar-refractivity contribution in [2.24, 2.45) is 5.92 Å². The normalized spacial score (nSPS) is 19.5. The summed E-state index contributed by atoms with van der Waals surface area (Å²) in [7, 11) is -3.94. The van der Waals surface area contributed by atoms with Gasteiger partial charge in [0.2, 0.25) is 5.91 Å². The van der Waals surface area contributed by atoms with Crippen molar-refractivity contribution in [1.29, 1.82) is 0 Å². The Morgan fingerprint density at radius 3 is 2.43 bits per heavy atom. The number of hydrogen-bond donors (Lipinski definition) is 2. The smallest absolute Gasteiger partial charge is 0.262 e. The van der Waals surface area contributed by atoms with E-state index in [0.717, 1.165) is 40.6 Å². The van der Waals surface area contributed by atoms with Crippen LogP contribution in [0.3, 0.4) is 0 Å². The maximum absolute atomic E-state index is 13.6. The van der Waals surface area contributed by atoms with Crippen LogP contribution in [0.15, 0.2) is 66.0 Å². The number of pyridine rings is 2. The number of carbonyl (C=O) groups is 3. The molecule has 0 spiro atoms. The lowest BCUT2D eigenvalue weighted by molar-refractivity contribution is -0.129. The number of carbonyl (C=O) groups excluding carboxylic acids is 3. The molecule has 0 bridgehead atoms. The van der Waals surface area contributed by atoms with E-state index in [1.165, 1.54) is 30.0 Å². The Bertz CT molecular complexity index is 1490. The molecular formula is C30H35N5O5S2.